The van der Waals surface area contributed by atoms with E-state index in [4.69, 9.17) is 17.3 Å². The number of carbonyl (C=O) groups excluding carboxylic acids is 1. The molecular weight excluding hydrogens is 234 g/mol. The van der Waals surface area contributed by atoms with Crippen LogP contribution in [0, 0.1) is 0 Å². The lowest BCUT2D eigenvalue weighted by atomic mass is 10.2. The second-order valence-corrected chi connectivity index (χ2v) is 3.62. The molecule has 17 heavy (non-hydrogen) atoms. The van der Waals surface area contributed by atoms with Gasteiger partial charge >= 0.3 is 0 Å². The molecule has 0 spiro atoms. The molecule has 2 rings (SSSR count). The summed E-state index contributed by atoms with van der Waals surface area (Å²) in [6.07, 6.45) is 0. The Hall–Kier alpha value is -1.80. The second-order valence-electron chi connectivity index (χ2n) is 3.35. The average Bonchev–Trinajstić information content (AvgIpc) is 2.41. The molecule has 2 aromatic carbocycles. The van der Waals surface area contributed by atoms with Crippen LogP contribution in [0.2, 0.25) is 0 Å². The summed E-state index contributed by atoms with van der Waals surface area (Å²) in [7, 11) is 0. The van der Waals surface area contributed by atoms with E-state index in [2.05, 4.69) is 0 Å². The molecule has 0 saturated heterocycles. The van der Waals surface area contributed by atoms with Crippen LogP contribution in [-0.4, -0.2) is 5.91 Å². The monoisotopic (exact) mass is 247 g/mol. The van der Waals surface area contributed by atoms with E-state index in [0.29, 0.717) is 11.4 Å². The zero-order valence-corrected chi connectivity index (χ0v) is 10.1. The van der Waals surface area contributed by atoms with Crippen molar-refractivity contribution in [1.82, 2.24) is 0 Å². The molecule has 0 aliphatic heterocycles. The number of hydrogen-bond donors (Lipinski definition) is 1. The highest BCUT2D eigenvalue weighted by Crippen LogP contribution is 2.00. The number of carbonyl (C=O) groups is 1. The van der Waals surface area contributed by atoms with Crippen molar-refractivity contribution in [2.75, 3.05) is 0 Å². The fraction of sp³-hybridized carbons (Fsp3) is 0.0714. The van der Waals surface area contributed by atoms with Crippen LogP contribution in [-0.2, 0) is 5.88 Å². The highest BCUT2D eigenvalue weighted by molar-refractivity contribution is 6.17. The van der Waals surface area contributed by atoms with Crippen LogP contribution in [0.15, 0.2) is 60.7 Å². The minimum Gasteiger partial charge on any atom is -0.366 e. The predicted octanol–water partition coefficient (Wildman–Crippen LogP) is 3.21. The van der Waals surface area contributed by atoms with Crippen molar-refractivity contribution in [1.29, 1.82) is 0 Å². The number of benzene rings is 2. The summed E-state index contributed by atoms with van der Waals surface area (Å²) in [6.45, 7) is 0. The van der Waals surface area contributed by atoms with Crippen molar-refractivity contribution in [3.8, 4) is 0 Å². The molecule has 0 radical (unpaired) electrons. The molecule has 88 valence electrons. The van der Waals surface area contributed by atoms with Gasteiger partial charge in [-0.15, -0.1) is 11.6 Å². The molecular formula is C14H14ClNO. The summed E-state index contributed by atoms with van der Waals surface area (Å²) in [4.78, 5) is 10.4. The highest BCUT2D eigenvalue weighted by atomic mass is 35.5. The van der Waals surface area contributed by atoms with Gasteiger partial charge in [-0.3, -0.25) is 4.79 Å². The Morgan fingerprint density at radius 3 is 1.71 bits per heavy atom. The smallest absolute Gasteiger partial charge is 0.248 e. The van der Waals surface area contributed by atoms with Crippen LogP contribution in [0.1, 0.15) is 15.9 Å². The Labute approximate surface area is 106 Å². The molecule has 2 aromatic rings. The molecule has 2 nitrogen and oxygen atoms in total. The average molecular weight is 248 g/mol. The molecule has 0 saturated carbocycles. The zero-order chi connectivity index (χ0) is 12.5. The normalized spacial score (nSPS) is 9.00. The van der Waals surface area contributed by atoms with Crippen molar-refractivity contribution in [2.24, 2.45) is 5.73 Å². The summed E-state index contributed by atoms with van der Waals surface area (Å²) < 4.78 is 0. The van der Waals surface area contributed by atoms with E-state index >= 15 is 0 Å². The Morgan fingerprint density at radius 2 is 1.41 bits per heavy atom. The minimum atomic E-state index is -0.379. The fourth-order valence-corrected chi connectivity index (χ4v) is 1.35. The molecule has 0 unspecified atom stereocenters. The molecule has 0 aromatic heterocycles. The molecule has 3 heteroatoms. The molecule has 1 amide bonds. The van der Waals surface area contributed by atoms with Gasteiger partial charge in [0.1, 0.15) is 0 Å². The first kappa shape index (κ1) is 13.3. The van der Waals surface area contributed by atoms with Gasteiger partial charge in [-0.05, 0) is 17.7 Å². The number of nitrogens with two attached hydrogens (primary N) is 1. The van der Waals surface area contributed by atoms with Gasteiger partial charge in [-0.25, -0.2) is 0 Å². The summed E-state index contributed by atoms with van der Waals surface area (Å²) >= 11 is 5.53. The molecule has 0 aliphatic rings. The Bertz CT molecular complexity index is 442. The third-order valence-corrected chi connectivity index (χ3v) is 2.36. The zero-order valence-electron chi connectivity index (χ0n) is 9.34. The van der Waals surface area contributed by atoms with Gasteiger partial charge in [0.2, 0.25) is 5.91 Å². The van der Waals surface area contributed by atoms with Crippen LogP contribution in [0.4, 0.5) is 0 Å². The van der Waals surface area contributed by atoms with Gasteiger partial charge in [0.15, 0.2) is 0 Å². The largest absolute Gasteiger partial charge is 0.366 e. The van der Waals surface area contributed by atoms with Gasteiger partial charge in [0.25, 0.3) is 0 Å². The number of alkyl halides is 1. The molecule has 0 bridgehead atoms. The number of halogens is 1. The van der Waals surface area contributed by atoms with Gasteiger partial charge in [-0.1, -0.05) is 48.5 Å². The quantitative estimate of drug-likeness (QED) is 0.814. The Morgan fingerprint density at radius 1 is 0.941 bits per heavy atom. The number of hydrogen-bond acceptors (Lipinski definition) is 1. The second kappa shape index (κ2) is 7.47. The van der Waals surface area contributed by atoms with E-state index in [0.717, 1.165) is 0 Å². The van der Waals surface area contributed by atoms with Gasteiger partial charge in [-0.2, -0.15) is 0 Å². The first-order chi connectivity index (χ1) is 8.24. The molecule has 0 fully saturated rings. The number of primary amides is 1. The maximum atomic E-state index is 10.4. The Balaban J connectivity index is 0.000000171. The summed E-state index contributed by atoms with van der Waals surface area (Å²) in [5.41, 5.74) is 6.70. The van der Waals surface area contributed by atoms with E-state index in [-0.39, 0.29) is 5.91 Å². The molecule has 0 aliphatic carbocycles. The van der Waals surface area contributed by atoms with Crippen LogP contribution in [0.5, 0.6) is 0 Å². The topological polar surface area (TPSA) is 43.1 Å². The van der Waals surface area contributed by atoms with Crippen LogP contribution in [0.25, 0.3) is 0 Å². The maximum absolute atomic E-state index is 10.4. The van der Waals surface area contributed by atoms with Crippen LogP contribution >= 0.6 is 11.6 Å². The van der Waals surface area contributed by atoms with Gasteiger partial charge in [0.05, 0.1) is 0 Å². The lowest BCUT2D eigenvalue weighted by molar-refractivity contribution is 0.100. The van der Waals surface area contributed by atoms with Crippen molar-refractivity contribution >= 4 is 17.5 Å². The SMILES string of the molecule is ClCc1ccccc1.NC(=O)c1ccccc1. The molecule has 0 atom stereocenters. The standard InChI is InChI=1S/C7H7Cl.C7H7NO/c8-6-7-4-2-1-3-5-7;8-7(9)6-4-2-1-3-5-6/h1-5H,6H2;1-5H,(H2,8,9). The van der Waals surface area contributed by atoms with Gasteiger partial charge in [0, 0.05) is 11.4 Å². The molecule has 2 N–H and O–H groups in total. The van der Waals surface area contributed by atoms with E-state index in [1.807, 2.05) is 36.4 Å². The van der Waals surface area contributed by atoms with E-state index in [1.54, 1.807) is 24.3 Å². The van der Waals surface area contributed by atoms with Crippen molar-refractivity contribution in [3.05, 3.63) is 71.8 Å². The first-order valence-corrected chi connectivity index (χ1v) is 5.72. The van der Waals surface area contributed by atoms with Crippen molar-refractivity contribution in [3.63, 3.8) is 0 Å². The first-order valence-electron chi connectivity index (χ1n) is 5.18. The maximum Gasteiger partial charge on any atom is 0.248 e. The van der Waals surface area contributed by atoms with Crippen molar-refractivity contribution in [2.45, 2.75) is 5.88 Å². The van der Waals surface area contributed by atoms with E-state index in [9.17, 15) is 4.79 Å². The minimum absolute atomic E-state index is 0.379. The van der Waals surface area contributed by atoms with Crippen LogP contribution in [0.3, 0.4) is 0 Å². The number of rotatable bonds is 2. The van der Waals surface area contributed by atoms with Crippen molar-refractivity contribution < 1.29 is 4.79 Å². The number of amides is 1. The molecule has 0 heterocycles. The third kappa shape index (κ3) is 5.18. The van der Waals surface area contributed by atoms with Crippen LogP contribution < -0.4 is 5.73 Å². The lowest BCUT2D eigenvalue weighted by Crippen LogP contribution is -2.09. The van der Waals surface area contributed by atoms with E-state index < -0.39 is 0 Å². The Kier molecular flexibility index (Phi) is 5.83. The predicted molar refractivity (Wildman–Crippen MR) is 71.0 cm³/mol. The fourth-order valence-electron chi connectivity index (χ4n) is 1.17. The summed E-state index contributed by atoms with van der Waals surface area (Å²) in [5, 5.41) is 0. The lowest BCUT2D eigenvalue weighted by Gasteiger charge is -1.89. The van der Waals surface area contributed by atoms with Gasteiger partial charge < -0.3 is 5.73 Å². The van der Waals surface area contributed by atoms with E-state index in [1.165, 1.54) is 5.56 Å². The summed E-state index contributed by atoms with van der Waals surface area (Å²) in [5.74, 6) is 0.233. The highest BCUT2D eigenvalue weighted by Gasteiger charge is 1.93. The summed E-state index contributed by atoms with van der Waals surface area (Å²) in [6, 6.07) is 18.7. The third-order valence-electron chi connectivity index (χ3n) is 2.06.